The fourth-order valence-corrected chi connectivity index (χ4v) is 5.99. The minimum atomic E-state index is 0.344. The van der Waals surface area contributed by atoms with Crippen LogP contribution in [0.15, 0.2) is 60.3 Å². The van der Waals surface area contributed by atoms with E-state index in [-0.39, 0.29) is 0 Å². The van der Waals surface area contributed by atoms with Crippen molar-refractivity contribution in [2.45, 2.75) is 70.1 Å². The topological polar surface area (TPSA) is 70.9 Å². The van der Waals surface area contributed by atoms with Crippen LogP contribution in [0.4, 0.5) is 5.69 Å². The molecule has 2 N–H and O–H groups in total. The van der Waals surface area contributed by atoms with E-state index in [4.69, 9.17) is 4.98 Å². The smallest absolute Gasteiger partial charge is 0.181 e. The molecule has 6 nitrogen and oxygen atoms in total. The molecule has 0 saturated heterocycles. The number of aromatic nitrogens is 5. The summed E-state index contributed by atoms with van der Waals surface area (Å²) in [4.78, 5) is 6.08. The zero-order chi connectivity index (χ0) is 25.1. The molecule has 0 spiro atoms. The van der Waals surface area contributed by atoms with Crippen molar-refractivity contribution in [3.05, 3.63) is 66.8 Å². The first-order valence-electron chi connectivity index (χ1n) is 13.0. The summed E-state index contributed by atoms with van der Waals surface area (Å²) in [5, 5.41) is 15.9. The zero-order valence-corrected chi connectivity index (χ0v) is 22.4. The molecule has 188 valence electrons. The van der Waals surface area contributed by atoms with Crippen LogP contribution in [0.5, 0.6) is 0 Å². The van der Waals surface area contributed by atoms with Crippen molar-refractivity contribution < 1.29 is 0 Å². The largest absolute Gasteiger partial charge is 0.354 e. The normalized spacial score (nSPS) is 14.5. The van der Waals surface area contributed by atoms with Crippen LogP contribution >= 0.6 is 11.8 Å². The van der Waals surface area contributed by atoms with Crippen molar-refractivity contribution >= 4 is 28.7 Å². The lowest BCUT2D eigenvalue weighted by atomic mass is 9.87. The fraction of sp³-hybridized carbons (Fsp3) is 0.414. The third kappa shape index (κ3) is 5.36. The van der Waals surface area contributed by atoms with Gasteiger partial charge in [0.25, 0.3) is 0 Å². The van der Waals surface area contributed by atoms with Crippen molar-refractivity contribution in [2.24, 2.45) is 5.41 Å². The van der Waals surface area contributed by atoms with Crippen molar-refractivity contribution in [1.29, 1.82) is 0 Å². The molecule has 1 aliphatic carbocycles. The lowest BCUT2D eigenvalue weighted by molar-refractivity contribution is 0.341. The second-order valence-corrected chi connectivity index (χ2v) is 11.7. The standard InChI is InChI=1S/C29H36N6S/c1-5-29(3,4)15-17-36-26-14-13-22(28-32-27(33-34-28)21-10-6-7-11-21)18-24(26)31-20(2)23-19-30-35-16-9-8-12-25(23)35/h8-9,12-14,16,18-19,21,31H,2,5-7,10-11,15,17H2,1,3-4H3,(H,32,33,34). The van der Waals surface area contributed by atoms with Gasteiger partial charge in [-0.2, -0.15) is 10.2 Å². The van der Waals surface area contributed by atoms with E-state index >= 15 is 0 Å². The van der Waals surface area contributed by atoms with Gasteiger partial charge in [0.1, 0.15) is 5.82 Å². The monoisotopic (exact) mass is 500 g/mol. The summed E-state index contributed by atoms with van der Waals surface area (Å²) in [5.74, 6) is 3.35. The third-order valence-corrected chi connectivity index (χ3v) is 8.59. The molecule has 1 fully saturated rings. The Labute approximate surface area is 218 Å². The number of fused-ring (bicyclic) bond motifs is 1. The zero-order valence-electron chi connectivity index (χ0n) is 21.6. The molecule has 1 aromatic carbocycles. The van der Waals surface area contributed by atoms with Gasteiger partial charge in [0.15, 0.2) is 5.82 Å². The maximum atomic E-state index is 4.87. The highest BCUT2D eigenvalue weighted by Gasteiger charge is 2.22. The van der Waals surface area contributed by atoms with Gasteiger partial charge in [0.05, 0.1) is 17.4 Å². The predicted octanol–water partition coefficient (Wildman–Crippen LogP) is 7.78. The first kappa shape index (κ1) is 24.6. The highest BCUT2D eigenvalue weighted by Crippen LogP contribution is 2.37. The molecule has 5 rings (SSSR count). The number of pyridine rings is 1. The number of H-pyrrole nitrogens is 1. The molecule has 3 aromatic heterocycles. The lowest BCUT2D eigenvalue weighted by Gasteiger charge is -2.22. The Hall–Kier alpha value is -3.06. The summed E-state index contributed by atoms with van der Waals surface area (Å²) in [7, 11) is 0. The summed E-state index contributed by atoms with van der Waals surface area (Å²) in [6.45, 7) is 11.3. The molecule has 1 saturated carbocycles. The van der Waals surface area contributed by atoms with Gasteiger partial charge >= 0.3 is 0 Å². The molecule has 7 heteroatoms. The van der Waals surface area contributed by atoms with Crippen LogP contribution in [-0.4, -0.2) is 30.5 Å². The van der Waals surface area contributed by atoms with Gasteiger partial charge in [0.2, 0.25) is 0 Å². The molecule has 0 aliphatic heterocycles. The quantitative estimate of drug-likeness (QED) is 0.218. The number of anilines is 1. The molecule has 0 amide bonds. The Kier molecular flexibility index (Phi) is 7.19. The first-order valence-corrected chi connectivity index (χ1v) is 14.0. The summed E-state index contributed by atoms with van der Waals surface area (Å²) < 4.78 is 1.87. The number of aromatic amines is 1. The van der Waals surface area contributed by atoms with Gasteiger partial charge in [-0.15, -0.1) is 11.8 Å². The third-order valence-electron chi connectivity index (χ3n) is 7.51. The van der Waals surface area contributed by atoms with Crippen LogP contribution in [0.1, 0.15) is 76.6 Å². The average Bonchev–Trinajstić information content (AvgIpc) is 3.65. The molecular formula is C29H36N6S. The van der Waals surface area contributed by atoms with Gasteiger partial charge in [-0.3, -0.25) is 5.10 Å². The highest BCUT2D eigenvalue weighted by molar-refractivity contribution is 7.99. The van der Waals surface area contributed by atoms with Crippen LogP contribution in [-0.2, 0) is 0 Å². The Morgan fingerprint density at radius 3 is 2.86 bits per heavy atom. The first-order chi connectivity index (χ1) is 17.4. The summed E-state index contributed by atoms with van der Waals surface area (Å²) in [5.41, 5.74) is 5.22. The molecular weight excluding hydrogens is 464 g/mol. The van der Waals surface area contributed by atoms with E-state index in [1.807, 2.05) is 40.8 Å². The Morgan fingerprint density at radius 1 is 1.22 bits per heavy atom. The van der Waals surface area contributed by atoms with Gasteiger partial charge in [0, 0.05) is 33.8 Å². The Morgan fingerprint density at radius 2 is 2.06 bits per heavy atom. The van der Waals surface area contributed by atoms with Crippen molar-refractivity contribution in [1.82, 2.24) is 24.8 Å². The van der Waals surface area contributed by atoms with E-state index in [9.17, 15) is 0 Å². The van der Waals surface area contributed by atoms with Gasteiger partial charge in [-0.05, 0) is 60.8 Å². The maximum Gasteiger partial charge on any atom is 0.181 e. The molecule has 4 aromatic rings. The van der Waals surface area contributed by atoms with Crippen LogP contribution in [0, 0.1) is 5.41 Å². The molecule has 0 bridgehead atoms. The average molecular weight is 501 g/mol. The second kappa shape index (κ2) is 10.5. The minimum absolute atomic E-state index is 0.344. The van der Waals surface area contributed by atoms with Crippen LogP contribution in [0.2, 0.25) is 0 Å². The lowest BCUT2D eigenvalue weighted by Crippen LogP contribution is -2.10. The molecule has 1 aliphatic rings. The van der Waals surface area contributed by atoms with Gasteiger partial charge in [-0.25, -0.2) is 9.50 Å². The van der Waals surface area contributed by atoms with Crippen molar-refractivity contribution in [3.8, 4) is 11.4 Å². The Bertz CT molecular complexity index is 1340. The molecule has 3 heterocycles. The summed E-state index contributed by atoms with van der Waals surface area (Å²) in [6.07, 6.45) is 11.1. The van der Waals surface area contributed by atoms with E-state index in [0.717, 1.165) is 51.9 Å². The number of nitrogens with one attached hydrogen (secondary N) is 2. The molecule has 0 radical (unpaired) electrons. The number of thioether (sulfide) groups is 1. The summed E-state index contributed by atoms with van der Waals surface area (Å²) in [6, 6.07) is 12.6. The van der Waals surface area contributed by atoms with E-state index in [0.29, 0.717) is 11.3 Å². The number of hydrogen-bond donors (Lipinski definition) is 2. The number of benzene rings is 1. The summed E-state index contributed by atoms with van der Waals surface area (Å²) >= 11 is 1.89. The van der Waals surface area contributed by atoms with E-state index in [1.54, 1.807) is 0 Å². The number of hydrogen-bond acceptors (Lipinski definition) is 5. The number of nitrogens with zero attached hydrogens (tertiary/aromatic N) is 4. The minimum Gasteiger partial charge on any atom is -0.354 e. The van der Waals surface area contributed by atoms with Gasteiger partial charge < -0.3 is 5.32 Å². The molecule has 0 atom stereocenters. The van der Waals surface area contributed by atoms with Crippen LogP contribution in [0.3, 0.4) is 0 Å². The fourth-order valence-electron chi connectivity index (χ4n) is 4.69. The van der Waals surface area contributed by atoms with Crippen molar-refractivity contribution in [3.63, 3.8) is 0 Å². The van der Waals surface area contributed by atoms with Crippen LogP contribution < -0.4 is 5.32 Å². The Balaban J connectivity index is 1.42. The van der Waals surface area contributed by atoms with Crippen LogP contribution in [0.25, 0.3) is 22.6 Å². The SMILES string of the molecule is C=C(Nc1cc(-c2n[nH]c(C3CCCC3)n2)ccc1SCCC(C)(C)CC)c1cnn2ccccc12. The van der Waals surface area contributed by atoms with E-state index < -0.39 is 0 Å². The molecule has 0 unspecified atom stereocenters. The predicted molar refractivity (Wildman–Crippen MR) is 150 cm³/mol. The van der Waals surface area contributed by atoms with Crippen molar-refractivity contribution in [2.75, 3.05) is 11.1 Å². The second-order valence-electron chi connectivity index (χ2n) is 10.5. The van der Waals surface area contributed by atoms with Gasteiger partial charge in [-0.1, -0.05) is 52.7 Å². The number of rotatable bonds is 10. The highest BCUT2D eigenvalue weighted by atomic mass is 32.2. The van der Waals surface area contributed by atoms with E-state index in [1.165, 1.54) is 37.0 Å². The maximum absolute atomic E-state index is 4.87. The molecule has 36 heavy (non-hydrogen) atoms. The van der Waals surface area contributed by atoms with E-state index in [2.05, 4.69) is 72.2 Å².